The molecule has 0 heterocycles. The van der Waals surface area contributed by atoms with Crippen LogP contribution in [0.2, 0.25) is 0 Å². The highest BCUT2D eigenvalue weighted by atomic mass is 16.5. The van der Waals surface area contributed by atoms with Gasteiger partial charge in [-0.2, -0.15) is 0 Å². The summed E-state index contributed by atoms with van der Waals surface area (Å²) in [5.74, 6) is 1.78. The topological polar surface area (TPSA) is 68.2 Å². The number of ether oxygens (including phenoxy) is 3. The smallest absolute Gasteiger partial charge is 0.167 e. The lowest BCUT2D eigenvalue weighted by Gasteiger charge is -2.30. The molecule has 106 valence electrons. The van der Waals surface area contributed by atoms with Gasteiger partial charge >= 0.3 is 0 Å². The van der Waals surface area contributed by atoms with Crippen LogP contribution in [0.15, 0.2) is 6.07 Å². The number of aliphatic hydroxyl groups is 2. The number of aliphatic hydroxyl groups excluding tert-OH is 2. The molecule has 1 aliphatic rings. The second-order valence-corrected chi connectivity index (χ2v) is 4.71. The minimum absolute atomic E-state index is 0.0366. The van der Waals surface area contributed by atoms with Crippen molar-refractivity contribution in [3.05, 3.63) is 17.2 Å². The van der Waals surface area contributed by atoms with Crippen LogP contribution in [0, 0.1) is 5.92 Å². The Morgan fingerprint density at radius 3 is 2.37 bits per heavy atom. The Bertz CT molecular complexity index is 458. The van der Waals surface area contributed by atoms with Gasteiger partial charge in [0.1, 0.15) is 5.75 Å². The number of rotatable bonds is 4. The fraction of sp³-hybridized carbons (Fsp3) is 0.571. The molecule has 2 rings (SSSR count). The van der Waals surface area contributed by atoms with Crippen LogP contribution in [0.25, 0.3) is 0 Å². The Morgan fingerprint density at radius 2 is 1.84 bits per heavy atom. The summed E-state index contributed by atoms with van der Waals surface area (Å²) in [6.07, 6.45) is 0.489. The molecule has 19 heavy (non-hydrogen) atoms. The number of hydrogen-bond donors (Lipinski definition) is 2. The van der Waals surface area contributed by atoms with Gasteiger partial charge in [0, 0.05) is 23.8 Å². The molecule has 0 spiro atoms. The van der Waals surface area contributed by atoms with Crippen molar-refractivity contribution in [3.63, 3.8) is 0 Å². The number of benzene rings is 1. The second kappa shape index (κ2) is 5.67. The van der Waals surface area contributed by atoms with Gasteiger partial charge in [-0.15, -0.1) is 0 Å². The highest BCUT2D eigenvalue weighted by molar-refractivity contribution is 5.59. The molecular formula is C14H20O5. The average Bonchev–Trinajstić information content (AvgIpc) is 2.45. The lowest BCUT2D eigenvalue weighted by atomic mass is 9.81. The van der Waals surface area contributed by atoms with Crippen LogP contribution in [-0.4, -0.2) is 38.1 Å². The monoisotopic (exact) mass is 268 g/mol. The van der Waals surface area contributed by atoms with Gasteiger partial charge in [0.05, 0.1) is 27.4 Å². The van der Waals surface area contributed by atoms with Crippen molar-refractivity contribution >= 4 is 0 Å². The van der Waals surface area contributed by atoms with E-state index in [1.165, 1.54) is 0 Å². The first kappa shape index (κ1) is 14.0. The van der Waals surface area contributed by atoms with E-state index < -0.39 is 6.10 Å². The fourth-order valence-electron chi connectivity index (χ4n) is 2.73. The zero-order chi connectivity index (χ0) is 14.0. The predicted octanol–water partition coefficient (Wildman–Crippen LogP) is 1.30. The Morgan fingerprint density at radius 1 is 1.16 bits per heavy atom. The van der Waals surface area contributed by atoms with Crippen LogP contribution in [0.4, 0.5) is 0 Å². The van der Waals surface area contributed by atoms with E-state index in [1.54, 1.807) is 27.4 Å². The predicted molar refractivity (Wildman–Crippen MR) is 70.0 cm³/mol. The maximum absolute atomic E-state index is 10.3. The molecule has 0 saturated heterocycles. The van der Waals surface area contributed by atoms with Crippen LogP contribution < -0.4 is 14.2 Å². The summed E-state index contributed by atoms with van der Waals surface area (Å²) < 4.78 is 16.0. The van der Waals surface area contributed by atoms with E-state index in [1.807, 2.05) is 0 Å². The zero-order valence-corrected chi connectivity index (χ0v) is 11.5. The quantitative estimate of drug-likeness (QED) is 0.861. The minimum Gasteiger partial charge on any atom is -0.496 e. The van der Waals surface area contributed by atoms with E-state index in [4.69, 9.17) is 14.2 Å². The Hall–Kier alpha value is -1.46. The van der Waals surface area contributed by atoms with Crippen molar-refractivity contribution in [1.82, 2.24) is 0 Å². The summed E-state index contributed by atoms with van der Waals surface area (Å²) in [4.78, 5) is 0. The Balaban J connectivity index is 2.61. The zero-order valence-electron chi connectivity index (χ0n) is 11.5. The number of hydrogen-bond acceptors (Lipinski definition) is 5. The maximum atomic E-state index is 10.3. The van der Waals surface area contributed by atoms with E-state index in [0.717, 1.165) is 5.56 Å². The molecule has 1 aromatic carbocycles. The summed E-state index contributed by atoms with van der Waals surface area (Å²) >= 11 is 0. The minimum atomic E-state index is -0.681. The van der Waals surface area contributed by atoms with Crippen molar-refractivity contribution in [1.29, 1.82) is 0 Å². The van der Waals surface area contributed by atoms with E-state index >= 15 is 0 Å². The molecule has 1 aromatic rings. The molecule has 0 bridgehead atoms. The van der Waals surface area contributed by atoms with Crippen LogP contribution in [0.3, 0.4) is 0 Å². The third-order valence-corrected chi connectivity index (χ3v) is 3.64. The number of methoxy groups -OCH3 is 3. The van der Waals surface area contributed by atoms with Gasteiger partial charge < -0.3 is 24.4 Å². The van der Waals surface area contributed by atoms with Crippen molar-refractivity contribution in [2.45, 2.75) is 18.9 Å². The molecule has 0 fully saturated rings. The van der Waals surface area contributed by atoms with Crippen LogP contribution in [0.5, 0.6) is 17.2 Å². The normalized spacial score (nSPS) is 21.7. The van der Waals surface area contributed by atoms with Gasteiger partial charge in [-0.25, -0.2) is 0 Å². The third-order valence-electron chi connectivity index (χ3n) is 3.64. The number of fused-ring (bicyclic) bond motifs is 1. The molecule has 0 aromatic heterocycles. The van der Waals surface area contributed by atoms with E-state index in [2.05, 4.69) is 0 Å². The lowest BCUT2D eigenvalue weighted by molar-refractivity contribution is 0.100. The summed E-state index contributed by atoms with van der Waals surface area (Å²) in [5.41, 5.74) is 1.60. The maximum Gasteiger partial charge on any atom is 0.167 e. The molecule has 5 nitrogen and oxygen atoms in total. The summed E-state index contributed by atoms with van der Waals surface area (Å²) in [5, 5.41) is 19.6. The Kier molecular flexibility index (Phi) is 4.17. The molecule has 1 aliphatic carbocycles. The summed E-state index contributed by atoms with van der Waals surface area (Å²) in [6.45, 7) is 0.0496. The molecule has 0 radical (unpaired) electrons. The summed E-state index contributed by atoms with van der Waals surface area (Å²) in [7, 11) is 4.68. The van der Waals surface area contributed by atoms with E-state index in [0.29, 0.717) is 35.7 Å². The molecule has 5 heteroatoms. The van der Waals surface area contributed by atoms with Crippen LogP contribution >= 0.6 is 0 Å². The standard InChI is InChI=1S/C14H20O5/c1-17-11-6-12(18-2)14(19-3)13-9(11)4-8(7-15)5-10(13)16/h6,8,10,15-16H,4-5,7H2,1-3H3. The van der Waals surface area contributed by atoms with Crippen molar-refractivity contribution in [2.75, 3.05) is 27.9 Å². The van der Waals surface area contributed by atoms with Crippen LogP contribution in [0.1, 0.15) is 23.7 Å². The average molecular weight is 268 g/mol. The highest BCUT2D eigenvalue weighted by Crippen LogP contribution is 2.47. The van der Waals surface area contributed by atoms with Gasteiger partial charge in [0.15, 0.2) is 11.5 Å². The molecular weight excluding hydrogens is 248 g/mol. The van der Waals surface area contributed by atoms with Gasteiger partial charge in [-0.05, 0) is 18.8 Å². The van der Waals surface area contributed by atoms with Crippen molar-refractivity contribution in [2.24, 2.45) is 5.92 Å². The highest BCUT2D eigenvalue weighted by Gasteiger charge is 2.32. The first-order chi connectivity index (χ1) is 9.15. The van der Waals surface area contributed by atoms with Crippen molar-refractivity contribution < 1.29 is 24.4 Å². The fourth-order valence-corrected chi connectivity index (χ4v) is 2.73. The molecule has 0 aliphatic heterocycles. The SMILES string of the molecule is COc1cc(OC)c(OC)c2c1CC(CO)CC2O. The van der Waals surface area contributed by atoms with Gasteiger partial charge in [0.2, 0.25) is 0 Å². The molecule has 2 N–H and O–H groups in total. The van der Waals surface area contributed by atoms with Gasteiger partial charge in [-0.3, -0.25) is 0 Å². The van der Waals surface area contributed by atoms with Gasteiger partial charge in [-0.1, -0.05) is 0 Å². The van der Waals surface area contributed by atoms with E-state index in [9.17, 15) is 10.2 Å². The molecule has 0 amide bonds. The first-order valence-corrected chi connectivity index (χ1v) is 6.26. The molecule has 0 saturated carbocycles. The third kappa shape index (κ3) is 2.35. The first-order valence-electron chi connectivity index (χ1n) is 6.26. The van der Waals surface area contributed by atoms with Crippen LogP contribution in [-0.2, 0) is 6.42 Å². The summed E-state index contributed by atoms with van der Waals surface area (Å²) in [6, 6.07) is 1.75. The largest absolute Gasteiger partial charge is 0.496 e. The Labute approximate surface area is 112 Å². The van der Waals surface area contributed by atoms with Crippen molar-refractivity contribution in [3.8, 4) is 17.2 Å². The molecule has 2 unspecified atom stereocenters. The lowest BCUT2D eigenvalue weighted by Crippen LogP contribution is -2.22. The second-order valence-electron chi connectivity index (χ2n) is 4.71. The van der Waals surface area contributed by atoms with E-state index in [-0.39, 0.29) is 12.5 Å². The van der Waals surface area contributed by atoms with Gasteiger partial charge in [0.25, 0.3) is 0 Å². The molecule has 2 atom stereocenters.